The SMILES string of the molecule is Cc1ccc(C(C#N)NNC(=O)c2ccc(-n3c(-c4ccccc4)nc4ccccc4c3=O)cc2)cc1. The molecule has 0 aliphatic heterocycles. The Kier molecular flexibility index (Phi) is 6.58. The number of nitrogens with one attached hydrogen (secondary N) is 2. The molecular weight excluding hydrogens is 462 g/mol. The van der Waals surface area contributed by atoms with Gasteiger partial charge in [-0.05, 0) is 48.9 Å². The average molecular weight is 486 g/mol. The maximum absolute atomic E-state index is 13.5. The van der Waals surface area contributed by atoms with Crippen LogP contribution in [0.25, 0.3) is 28.0 Å². The summed E-state index contributed by atoms with van der Waals surface area (Å²) in [6.07, 6.45) is 0. The molecule has 1 unspecified atom stereocenters. The fourth-order valence-electron chi connectivity index (χ4n) is 4.07. The minimum absolute atomic E-state index is 0.196. The minimum Gasteiger partial charge on any atom is -0.286 e. The average Bonchev–Trinajstić information content (AvgIpc) is 2.95. The number of amides is 1. The van der Waals surface area contributed by atoms with Crippen LogP contribution in [-0.2, 0) is 0 Å². The van der Waals surface area contributed by atoms with Crippen LogP contribution in [0.4, 0.5) is 0 Å². The van der Waals surface area contributed by atoms with Crippen molar-refractivity contribution in [1.82, 2.24) is 20.4 Å². The first-order chi connectivity index (χ1) is 18.0. The number of nitriles is 1. The Labute approximate surface area is 213 Å². The Morgan fingerprint density at radius 1 is 0.892 bits per heavy atom. The molecule has 4 aromatic carbocycles. The Bertz CT molecular complexity index is 1670. The normalized spacial score (nSPS) is 11.6. The highest BCUT2D eigenvalue weighted by atomic mass is 16.2. The molecule has 0 aliphatic carbocycles. The van der Waals surface area contributed by atoms with E-state index in [-0.39, 0.29) is 5.56 Å². The van der Waals surface area contributed by atoms with Gasteiger partial charge < -0.3 is 0 Å². The summed E-state index contributed by atoms with van der Waals surface area (Å²) in [5, 5.41) is 10.0. The molecule has 0 saturated carbocycles. The summed E-state index contributed by atoms with van der Waals surface area (Å²) in [6.45, 7) is 1.97. The smallest absolute Gasteiger partial charge is 0.266 e. The maximum Gasteiger partial charge on any atom is 0.266 e. The molecule has 5 rings (SSSR count). The van der Waals surface area contributed by atoms with Crippen molar-refractivity contribution in [2.45, 2.75) is 13.0 Å². The van der Waals surface area contributed by atoms with E-state index in [0.29, 0.717) is 28.0 Å². The van der Waals surface area contributed by atoms with E-state index in [0.717, 1.165) is 16.7 Å². The van der Waals surface area contributed by atoms with Gasteiger partial charge in [0.15, 0.2) is 0 Å². The summed E-state index contributed by atoms with van der Waals surface area (Å²) in [7, 11) is 0. The number of aromatic nitrogens is 2. The molecule has 0 spiro atoms. The van der Waals surface area contributed by atoms with Gasteiger partial charge in [-0.25, -0.2) is 10.4 Å². The molecular formula is C30H23N5O2. The molecule has 0 saturated heterocycles. The van der Waals surface area contributed by atoms with Crippen LogP contribution in [0.2, 0.25) is 0 Å². The summed E-state index contributed by atoms with van der Waals surface area (Å²) in [5.41, 5.74) is 9.40. The Hall–Kier alpha value is -5.06. The number of hydrogen-bond acceptors (Lipinski definition) is 5. The van der Waals surface area contributed by atoms with Gasteiger partial charge in [0.2, 0.25) is 0 Å². The third-order valence-electron chi connectivity index (χ3n) is 6.07. The van der Waals surface area contributed by atoms with E-state index in [1.807, 2.05) is 79.7 Å². The van der Waals surface area contributed by atoms with Crippen molar-refractivity contribution < 1.29 is 4.79 Å². The molecule has 1 heterocycles. The first-order valence-electron chi connectivity index (χ1n) is 11.7. The van der Waals surface area contributed by atoms with Gasteiger partial charge in [-0.1, -0.05) is 72.3 Å². The lowest BCUT2D eigenvalue weighted by atomic mass is 10.1. The summed E-state index contributed by atoms with van der Waals surface area (Å²) in [4.78, 5) is 31.1. The minimum atomic E-state index is -0.695. The number of hydrogen-bond donors (Lipinski definition) is 2. The van der Waals surface area contributed by atoms with Crippen LogP contribution in [-0.4, -0.2) is 15.5 Å². The monoisotopic (exact) mass is 485 g/mol. The Morgan fingerprint density at radius 3 is 2.27 bits per heavy atom. The zero-order valence-electron chi connectivity index (χ0n) is 20.1. The quantitative estimate of drug-likeness (QED) is 0.335. The molecule has 7 nitrogen and oxygen atoms in total. The lowest BCUT2D eigenvalue weighted by molar-refractivity contribution is 0.0929. The highest BCUT2D eigenvalue weighted by Crippen LogP contribution is 2.22. The van der Waals surface area contributed by atoms with Crippen molar-refractivity contribution in [2.24, 2.45) is 0 Å². The second-order valence-electron chi connectivity index (χ2n) is 8.58. The highest BCUT2D eigenvalue weighted by molar-refractivity contribution is 5.94. The lowest BCUT2D eigenvalue weighted by Gasteiger charge is -2.15. The van der Waals surface area contributed by atoms with Gasteiger partial charge in [0, 0.05) is 11.1 Å². The number of carbonyl (C=O) groups excluding carboxylic acids is 1. The molecule has 0 aliphatic rings. The number of hydrazine groups is 1. The number of para-hydroxylation sites is 1. The number of carbonyl (C=O) groups is 1. The van der Waals surface area contributed by atoms with Crippen molar-refractivity contribution in [3.63, 3.8) is 0 Å². The van der Waals surface area contributed by atoms with Gasteiger partial charge in [-0.3, -0.25) is 19.6 Å². The second-order valence-corrected chi connectivity index (χ2v) is 8.58. The van der Waals surface area contributed by atoms with E-state index in [1.54, 1.807) is 34.9 Å². The number of aryl methyl sites for hydroxylation is 1. The summed E-state index contributed by atoms with van der Waals surface area (Å²) in [5.74, 6) is 0.115. The molecule has 2 N–H and O–H groups in total. The predicted molar refractivity (Wildman–Crippen MR) is 143 cm³/mol. The maximum atomic E-state index is 13.5. The number of nitrogens with zero attached hydrogens (tertiary/aromatic N) is 3. The molecule has 0 radical (unpaired) electrons. The first-order valence-corrected chi connectivity index (χ1v) is 11.7. The van der Waals surface area contributed by atoms with Crippen molar-refractivity contribution in [3.8, 4) is 23.1 Å². The van der Waals surface area contributed by atoms with Crippen LogP contribution in [0, 0.1) is 18.3 Å². The van der Waals surface area contributed by atoms with Gasteiger partial charge in [0.05, 0.1) is 22.7 Å². The molecule has 1 atom stereocenters. The topological polar surface area (TPSA) is 99.8 Å². The third-order valence-corrected chi connectivity index (χ3v) is 6.07. The number of rotatable bonds is 6. The molecule has 1 amide bonds. The van der Waals surface area contributed by atoms with Crippen molar-refractivity contribution in [2.75, 3.05) is 0 Å². The van der Waals surface area contributed by atoms with Gasteiger partial charge in [-0.2, -0.15) is 5.26 Å². The summed E-state index contributed by atoms with van der Waals surface area (Å²) >= 11 is 0. The van der Waals surface area contributed by atoms with Crippen molar-refractivity contribution in [3.05, 3.63) is 130 Å². The summed E-state index contributed by atoms with van der Waals surface area (Å²) in [6, 6.07) is 32.4. The first kappa shape index (κ1) is 23.7. The van der Waals surface area contributed by atoms with E-state index in [9.17, 15) is 14.9 Å². The fourth-order valence-corrected chi connectivity index (χ4v) is 4.07. The molecule has 1 aromatic heterocycles. The summed E-state index contributed by atoms with van der Waals surface area (Å²) < 4.78 is 1.56. The van der Waals surface area contributed by atoms with Crippen molar-refractivity contribution >= 4 is 16.8 Å². The van der Waals surface area contributed by atoms with E-state index in [2.05, 4.69) is 16.9 Å². The third kappa shape index (κ3) is 4.87. The largest absolute Gasteiger partial charge is 0.286 e. The standard InChI is InChI=1S/C30H23N5O2/c1-20-11-13-21(14-12-20)27(19-31)33-34-29(36)23-15-17-24(18-16-23)35-28(22-7-3-2-4-8-22)32-26-10-6-5-9-25(26)30(35)37/h2-18,27,33H,1H3,(H,34,36). The van der Waals surface area contributed by atoms with E-state index in [1.165, 1.54) is 0 Å². The van der Waals surface area contributed by atoms with E-state index >= 15 is 0 Å². The zero-order chi connectivity index (χ0) is 25.8. The highest BCUT2D eigenvalue weighted by Gasteiger charge is 2.16. The molecule has 5 aromatic rings. The number of fused-ring (bicyclic) bond motifs is 1. The molecule has 0 bridgehead atoms. The predicted octanol–water partition coefficient (Wildman–Crippen LogP) is 4.86. The van der Waals surface area contributed by atoms with Crippen LogP contribution in [0.15, 0.2) is 108 Å². The van der Waals surface area contributed by atoms with Crippen LogP contribution in [0.5, 0.6) is 0 Å². The second kappa shape index (κ2) is 10.3. The molecule has 0 fully saturated rings. The van der Waals surface area contributed by atoms with E-state index in [4.69, 9.17) is 4.98 Å². The van der Waals surface area contributed by atoms with Crippen LogP contribution < -0.4 is 16.4 Å². The van der Waals surface area contributed by atoms with E-state index < -0.39 is 11.9 Å². The Balaban J connectivity index is 1.44. The van der Waals surface area contributed by atoms with Gasteiger partial charge in [-0.15, -0.1) is 0 Å². The van der Waals surface area contributed by atoms with Crippen LogP contribution in [0.1, 0.15) is 27.5 Å². The van der Waals surface area contributed by atoms with Gasteiger partial charge in [0.25, 0.3) is 11.5 Å². The van der Waals surface area contributed by atoms with Crippen LogP contribution >= 0.6 is 0 Å². The fraction of sp³-hybridized carbons (Fsp3) is 0.0667. The zero-order valence-corrected chi connectivity index (χ0v) is 20.1. The molecule has 180 valence electrons. The molecule has 37 heavy (non-hydrogen) atoms. The Morgan fingerprint density at radius 2 is 1.57 bits per heavy atom. The number of benzene rings is 4. The van der Waals surface area contributed by atoms with Crippen molar-refractivity contribution in [1.29, 1.82) is 5.26 Å². The van der Waals surface area contributed by atoms with Gasteiger partial charge in [0.1, 0.15) is 11.9 Å². The van der Waals surface area contributed by atoms with Crippen LogP contribution in [0.3, 0.4) is 0 Å². The van der Waals surface area contributed by atoms with Gasteiger partial charge >= 0.3 is 0 Å². The lowest BCUT2D eigenvalue weighted by Crippen LogP contribution is -2.39. The molecule has 7 heteroatoms.